The van der Waals surface area contributed by atoms with Gasteiger partial charge in [-0.05, 0) is 95.0 Å². The molecule has 10 rings (SSSR count). The molecule has 228 valence electrons. The van der Waals surface area contributed by atoms with Crippen LogP contribution in [0.5, 0.6) is 0 Å². The summed E-state index contributed by atoms with van der Waals surface area (Å²) in [4.78, 5) is 0. The van der Waals surface area contributed by atoms with Crippen LogP contribution in [0.3, 0.4) is 0 Å². The minimum atomic E-state index is 0.904. The van der Waals surface area contributed by atoms with Crippen LogP contribution in [-0.4, -0.2) is 0 Å². The average Bonchev–Trinajstić information content (AvgIpc) is 3.55. The Morgan fingerprint density at radius 1 is 0.265 bits per heavy atom. The quantitative estimate of drug-likeness (QED) is 0.178. The van der Waals surface area contributed by atoms with Gasteiger partial charge in [0.2, 0.25) is 0 Å². The Labute approximate surface area is 284 Å². The number of rotatable bonds is 4. The standard InChI is InChI=1S/C48H30O/c1-2-14-32(15-3-1)35-24-13-25-36(33-28-29-45-43(30-33)37-19-10-11-27-44(37)49-45)47(35)48-41-22-8-6-20-39(41)46(40-21-7-9-23-42(40)48)38-26-12-17-31-16-4-5-18-34(31)38/h1-30H. The Balaban J connectivity index is 1.36. The molecule has 0 unspecified atom stereocenters. The SMILES string of the molecule is c1ccc(-c2cccc(-c3ccc4oc5ccccc5c4c3)c2-c2c3ccccc3c(-c3cccc4ccccc34)c3ccccc23)cc1. The van der Waals surface area contributed by atoms with Gasteiger partial charge in [-0.3, -0.25) is 0 Å². The molecule has 0 aliphatic heterocycles. The predicted molar refractivity (Wildman–Crippen MR) is 208 cm³/mol. The molecule has 1 nitrogen and oxygen atoms in total. The maximum Gasteiger partial charge on any atom is 0.135 e. The molecule has 0 aliphatic carbocycles. The van der Waals surface area contributed by atoms with Crippen LogP contribution in [0.4, 0.5) is 0 Å². The van der Waals surface area contributed by atoms with E-state index in [-0.39, 0.29) is 0 Å². The molecule has 0 bridgehead atoms. The first-order chi connectivity index (χ1) is 24.3. The van der Waals surface area contributed by atoms with Gasteiger partial charge in [-0.2, -0.15) is 0 Å². The monoisotopic (exact) mass is 622 g/mol. The molecule has 0 saturated heterocycles. The summed E-state index contributed by atoms with van der Waals surface area (Å²) >= 11 is 0. The second-order valence-electron chi connectivity index (χ2n) is 12.8. The van der Waals surface area contributed by atoms with Crippen LogP contribution < -0.4 is 0 Å². The third-order valence-corrected chi connectivity index (χ3v) is 10.1. The Kier molecular flexibility index (Phi) is 6.25. The molecular formula is C48H30O. The van der Waals surface area contributed by atoms with Crippen molar-refractivity contribution in [3.63, 3.8) is 0 Å². The van der Waals surface area contributed by atoms with E-state index in [9.17, 15) is 0 Å². The minimum Gasteiger partial charge on any atom is -0.456 e. The molecule has 0 radical (unpaired) electrons. The minimum absolute atomic E-state index is 0.904. The molecule has 0 aliphatic rings. The molecule has 1 aromatic heterocycles. The number of para-hydroxylation sites is 1. The summed E-state index contributed by atoms with van der Waals surface area (Å²) in [6, 6.07) is 65.9. The molecule has 0 amide bonds. The molecule has 9 aromatic carbocycles. The van der Waals surface area contributed by atoms with Crippen LogP contribution in [0, 0.1) is 0 Å². The first-order valence-electron chi connectivity index (χ1n) is 16.9. The van der Waals surface area contributed by atoms with Gasteiger partial charge in [0.25, 0.3) is 0 Å². The first kappa shape index (κ1) is 27.7. The third-order valence-electron chi connectivity index (χ3n) is 10.1. The van der Waals surface area contributed by atoms with E-state index >= 15 is 0 Å². The smallest absolute Gasteiger partial charge is 0.135 e. The fourth-order valence-corrected chi connectivity index (χ4v) is 7.95. The highest BCUT2D eigenvalue weighted by Crippen LogP contribution is 2.50. The van der Waals surface area contributed by atoms with Crippen molar-refractivity contribution in [3.05, 3.63) is 182 Å². The number of fused-ring (bicyclic) bond motifs is 6. The van der Waals surface area contributed by atoms with E-state index in [0.29, 0.717) is 0 Å². The zero-order chi connectivity index (χ0) is 32.3. The number of benzene rings is 9. The summed E-state index contributed by atoms with van der Waals surface area (Å²) in [7, 11) is 0. The number of hydrogen-bond acceptors (Lipinski definition) is 1. The molecule has 0 fully saturated rings. The zero-order valence-corrected chi connectivity index (χ0v) is 26.7. The van der Waals surface area contributed by atoms with E-state index < -0.39 is 0 Å². The second kappa shape index (κ2) is 11.1. The van der Waals surface area contributed by atoms with E-state index in [2.05, 4.69) is 170 Å². The average molecular weight is 623 g/mol. The molecule has 0 N–H and O–H groups in total. The van der Waals surface area contributed by atoms with Gasteiger partial charge in [-0.25, -0.2) is 0 Å². The van der Waals surface area contributed by atoms with Crippen LogP contribution in [0.25, 0.3) is 98.8 Å². The summed E-state index contributed by atoms with van der Waals surface area (Å²) in [5.74, 6) is 0. The number of hydrogen-bond donors (Lipinski definition) is 0. The van der Waals surface area contributed by atoms with Gasteiger partial charge in [-0.15, -0.1) is 0 Å². The van der Waals surface area contributed by atoms with Crippen LogP contribution in [0.1, 0.15) is 0 Å². The Bertz CT molecular complexity index is 2810. The lowest BCUT2D eigenvalue weighted by Crippen LogP contribution is -1.95. The Morgan fingerprint density at radius 3 is 1.51 bits per heavy atom. The van der Waals surface area contributed by atoms with Gasteiger partial charge < -0.3 is 4.42 Å². The summed E-state index contributed by atoms with van der Waals surface area (Å²) in [6.07, 6.45) is 0. The van der Waals surface area contributed by atoms with Crippen molar-refractivity contribution in [1.82, 2.24) is 0 Å². The van der Waals surface area contributed by atoms with Gasteiger partial charge in [0.05, 0.1) is 0 Å². The third kappa shape index (κ3) is 4.33. The van der Waals surface area contributed by atoms with Crippen molar-refractivity contribution in [2.45, 2.75) is 0 Å². The molecular weight excluding hydrogens is 593 g/mol. The number of furan rings is 1. The molecule has 49 heavy (non-hydrogen) atoms. The molecule has 1 heteroatoms. The fourth-order valence-electron chi connectivity index (χ4n) is 7.95. The zero-order valence-electron chi connectivity index (χ0n) is 26.7. The predicted octanol–water partition coefficient (Wildman–Crippen LogP) is 13.7. The lowest BCUT2D eigenvalue weighted by Gasteiger charge is -2.22. The van der Waals surface area contributed by atoms with Crippen LogP contribution in [0.2, 0.25) is 0 Å². The van der Waals surface area contributed by atoms with Crippen LogP contribution in [-0.2, 0) is 0 Å². The van der Waals surface area contributed by atoms with Crippen LogP contribution in [0.15, 0.2) is 186 Å². The topological polar surface area (TPSA) is 13.1 Å². The van der Waals surface area contributed by atoms with Gasteiger partial charge in [0, 0.05) is 10.8 Å². The van der Waals surface area contributed by atoms with E-state index in [4.69, 9.17) is 4.42 Å². The lowest BCUT2D eigenvalue weighted by molar-refractivity contribution is 0.669. The van der Waals surface area contributed by atoms with Crippen molar-refractivity contribution in [2.75, 3.05) is 0 Å². The molecule has 0 atom stereocenters. The molecule has 10 aromatic rings. The molecule has 0 saturated carbocycles. The maximum absolute atomic E-state index is 6.25. The van der Waals surface area contributed by atoms with Gasteiger partial charge in [-0.1, -0.05) is 164 Å². The Morgan fingerprint density at radius 2 is 0.776 bits per heavy atom. The van der Waals surface area contributed by atoms with E-state index in [1.165, 1.54) is 71.3 Å². The molecule has 0 spiro atoms. The first-order valence-corrected chi connectivity index (χ1v) is 16.9. The van der Waals surface area contributed by atoms with E-state index in [0.717, 1.165) is 27.5 Å². The van der Waals surface area contributed by atoms with Crippen molar-refractivity contribution >= 4 is 54.3 Å². The highest BCUT2D eigenvalue weighted by molar-refractivity contribution is 6.25. The van der Waals surface area contributed by atoms with Crippen molar-refractivity contribution in [2.24, 2.45) is 0 Å². The normalized spacial score (nSPS) is 11.7. The summed E-state index contributed by atoms with van der Waals surface area (Å²) < 4.78 is 6.25. The van der Waals surface area contributed by atoms with Crippen LogP contribution >= 0.6 is 0 Å². The Hall–Kier alpha value is -6.44. The summed E-state index contributed by atoms with van der Waals surface area (Å²) in [6.45, 7) is 0. The fraction of sp³-hybridized carbons (Fsp3) is 0. The van der Waals surface area contributed by atoms with E-state index in [1.807, 2.05) is 12.1 Å². The summed E-state index contributed by atoms with van der Waals surface area (Å²) in [5, 5.41) is 9.75. The second-order valence-corrected chi connectivity index (χ2v) is 12.8. The van der Waals surface area contributed by atoms with Crippen molar-refractivity contribution in [1.29, 1.82) is 0 Å². The lowest BCUT2D eigenvalue weighted by atomic mass is 9.80. The van der Waals surface area contributed by atoms with E-state index in [1.54, 1.807) is 0 Å². The molecule has 1 heterocycles. The van der Waals surface area contributed by atoms with Gasteiger partial charge in [0.1, 0.15) is 11.2 Å². The maximum atomic E-state index is 6.25. The summed E-state index contributed by atoms with van der Waals surface area (Å²) in [5.41, 5.74) is 11.6. The highest BCUT2D eigenvalue weighted by atomic mass is 16.3. The largest absolute Gasteiger partial charge is 0.456 e. The van der Waals surface area contributed by atoms with Gasteiger partial charge >= 0.3 is 0 Å². The van der Waals surface area contributed by atoms with Crippen molar-refractivity contribution < 1.29 is 4.42 Å². The van der Waals surface area contributed by atoms with Crippen molar-refractivity contribution in [3.8, 4) is 44.5 Å². The highest BCUT2D eigenvalue weighted by Gasteiger charge is 2.23. The van der Waals surface area contributed by atoms with Gasteiger partial charge in [0.15, 0.2) is 0 Å².